The summed E-state index contributed by atoms with van der Waals surface area (Å²) < 4.78 is 0. The maximum atomic E-state index is 9.00. The fourth-order valence-electron chi connectivity index (χ4n) is 1.50. The van der Waals surface area contributed by atoms with Crippen molar-refractivity contribution in [1.29, 1.82) is 0 Å². The summed E-state index contributed by atoms with van der Waals surface area (Å²) in [6.45, 7) is 1.08. The first-order valence-electron chi connectivity index (χ1n) is 6.07. The average molecular weight is 415 g/mol. The number of aliphatic carboxylic acids is 1. The van der Waals surface area contributed by atoms with Gasteiger partial charge >= 0.3 is 0 Å². The third-order valence-corrected chi connectivity index (χ3v) is 2.43. The van der Waals surface area contributed by atoms with Crippen molar-refractivity contribution in [1.82, 2.24) is 0 Å². The Morgan fingerprint density at radius 3 is 2.14 bits per heavy atom. The second kappa shape index (κ2) is 10.3. The summed E-state index contributed by atoms with van der Waals surface area (Å²) in [6, 6.07) is 15.7. The molecule has 0 amide bonds. The Kier molecular flexibility index (Phi) is 9.66. The molecule has 5 heteroatoms. The zero-order valence-corrected chi connectivity index (χ0v) is 15.0. The van der Waals surface area contributed by atoms with Crippen molar-refractivity contribution in [2.75, 3.05) is 11.5 Å². The molecule has 0 atom stereocenters. The third kappa shape index (κ3) is 7.82. The van der Waals surface area contributed by atoms with Gasteiger partial charge < -0.3 is 16.6 Å². The summed E-state index contributed by atoms with van der Waals surface area (Å²) in [6.07, 6.45) is 3.99. The molecule has 2 aromatic carbocycles. The summed E-state index contributed by atoms with van der Waals surface area (Å²) in [5.74, 6) is -0.833. The van der Waals surface area contributed by atoms with Crippen molar-refractivity contribution in [3.05, 3.63) is 59.7 Å². The number of carboxylic acids is 1. The minimum atomic E-state index is -0.833. The van der Waals surface area contributed by atoms with Gasteiger partial charge in [-0.1, -0.05) is 54.6 Å². The number of nitrogen functional groups attached to an aromatic ring is 2. The Morgan fingerprint density at radius 1 is 1.00 bits per heavy atom. The Morgan fingerprint density at radius 2 is 1.57 bits per heavy atom. The predicted octanol–water partition coefficient (Wildman–Crippen LogP) is 3.11. The van der Waals surface area contributed by atoms with Gasteiger partial charge in [-0.25, -0.2) is 0 Å². The SMILES string of the molecule is CC(=O)O.Nc1cccc(C=Cc2ccccc2)c1N.[Nd]. The van der Waals surface area contributed by atoms with Crippen LogP contribution in [-0.2, 0) is 4.79 Å². The number of para-hydroxylation sites is 1. The van der Waals surface area contributed by atoms with E-state index >= 15 is 0 Å². The molecule has 0 bridgehead atoms. The first-order chi connectivity index (χ1) is 9.50. The largest absolute Gasteiger partial charge is 0.481 e. The molecule has 4 nitrogen and oxygen atoms in total. The average Bonchev–Trinajstić information content (AvgIpc) is 2.41. The maximum Gasteiger partial charge on any atom is 0.300 e. The van der Waals surface area contributed by atoms with Crippen LogP contribution in [-0.4, -0.2) is 11.1 Å². The summed E-state index contributed by atoms with van der Waals surface area (Å²) in [4.78, 5) is 9.00. The van der Waals surface area contributed by atoms with E-state index in [1.54, 1.807) is 6.07 Å². The van der Waals surface area contributed by atoms with Gasteiger partial charge in [0.2, 0.25) is 0 Å². The fourth-order valence-corrected chi connectivity index (χ4v) is 1.50. The van der Waals surface area contributed by atoms with E-state index < -0.39 is 5.97 Å². The van der Waals surface area contributed by atoms with Crippen LogP contribution in [0.3, 0.4) is 0 Å². The first kappa shape index (κ1) is 19.6. The second-order valence-corrected chi connectivity index (χ2v) is 4.11. The molecule has 0 aromatic heterocycles. The van der Waals surface area contributed by atoms with Crippen LogP contribution in [0.2, 0.25) is 0 Å². The number of nitrogens with two attached hydrogens (primary N) is 2. The van der Waals surface area contributed by atoms with Crippen LogP contribution >= 0.6 is 0 Å². The molecule has 0 spiro atoms. The smallest absolute Gasteiger partial charge is 0.300 e. The summed E-state index contributed by atoms with van der Waals surface area (Å²) in [5.41, 5.74) is 14.9. The molecular weight excluding hydrogens is 396 g/mol. The summed E-state index contributed by atoms with van der Waals surface area (Å²) >= 11 is 0. The van der Waals surface area contributed by atoms with Crippen molar-refractivity contribution in [2.24, 2.45) is 0 Å². The van der Waals surface area contributed by atoms with E-state index in [1.165, 1.54) is 0 Å². The van der Waals surface area contributed by atoms with Gasteiger partial charge in [0.05, 0.1) is 11.4 Å². The van der Waals surface area contributed by atoms with Gasteiger partial charge in [-0.05, 0) is 17.2 Å². The predicted molar refractivity (Wildman–Crippen MR) is 83.9 cm³/mol. The molecule has 0 aliphatic heterocycles. The number of carbonyl (C=O) groups is 1. The fraction of sp³-hybridized carbons (Fsp3) is 0.0625. The van der Waals surface area contributed by atoms with Gasteiger partial charge in [0.15, 0.2) is 0 Å². The molecule has 2 aromatic rings. The molecular formula is C16H18N2NdO2. The Bertz CT molecular complexity index is 594. The van der Waals surface area contributed by atoms with E-state index in [2.05, 4.69) is 0 Å². The zero-order chi connectivity index (χ0) is 15.0. The van der Waals surface area contributed by atoms with E-state index in [0.29, 0.717) is 11.4 Å². The first-order valence-corrected chi connectivity index (χ1v) is 6.07. The number of hydrogen-bond acceptors (Lipinski definition) is 3. The number of hydrogen-bond donors (Lipinski definition) is 3. The molecule has 0 saturated heterocycles. The second-order valence-electron chi connectivity index (χ2n) is 4.11. The van der Waals surface area contributed by atoms with Crippen molar-refractivity contribution >= 4 is 29.5 Å². The van der Waals surface area contributed by atoms with E-state index in [4.69, 9.17) is 21.4 Å². The van der Waals surface area contributed by atoms with Crippen molar-refractivity contribution < 1.29 is 50.7 Å². The molecule has 2 rings (SSSR count). The quantitative estimate of drug-likeness (QED) is 0.520. The monoisotopic (exact) mass is 412 g/mol. The Hall–Kier alpha value is -1.40. The molecule has 0 heterocycles. The minimum Gasteiger partial charge on any atom is -0.481 e. The van der Waals surface area contributed by atoms with E-state index in [1.807, 2.05) is 54.6 Å². The molecule has 0 unspecified atom stereocenters. The topological polar surface area (TPSA) is 89.3 Å². The third-order valence-electron chi connectivity index (χ3n) is 2.43. The van der Waals surface area contributed by atoms with Gasteiger partial charge in [0, 0.05) is 47.8 Å². The molecule has 21 heavy (non-hydrogen) atoms. The molecule has 0 aliphatic carbocycles. The zero-order valence-electron chi connectivity index (χ0n) is 11.8. The normalized spacial score (nSPS) is 9.38. The van der Waals surface area contributed by atoms with Gasteiger partial charge in [0.1, 0.15) is 0 Å². The Labute approximate surface area is 157 Å². The van der Waals surface area contributed by atoms with Crippen LogP contribution in [0.4, 0.5) is 11.4 Å². The van der Waals surface area contributed by atoms with Crippen LogP contribution in [0.1, 0.15) is 18.1 Å². The molecule has 5 N–H and O–H groups in total. The molecule has 0 saturated carbocycles. The van der Waals surface area contributed by atoms with Crippen LogP contribution in [0.5, 0.6) is 0 Å². The van der Waals surface area contributed by atoms with E-state index in [9.17, 15) is 0 Å². The molecule has 108 valence electrons. The summed E-state index contributed by atoms with van der Waals surface area (Å²) in [5, 5.41) is 7.42. The van der Waals surface area contributed by atoms with Crippen molar-refractivity contribution in [3.8, 4) is 0 Å². The minimum absolute atomic E-state index is 0. The number of carboxylic acid groups (broad SMARTS) is 1. The van der Waals surface area contributed by atoms with Gasteiger partial charge in [-0.15, -0.1) is 0 Å². The van der Waals surface area contributed by atoms with Crippen LogP contribution in [0.15, 0.2) is 48.5 Å². The standard InChI is InChI=1S/C14H14N2.C2H4O2.Nd/c15-13-8-4-7-12(14(13)16)10-9-11-5-2-1-3-6-11;1-2(3)4;/h1-10H,15-16H2;1H3,(H,3,4);. The Balaban J connectivity index is 0.000000715. The van der Waals surface area contributed by atoms with Crippen LogP contribution in [0.25, 0.3) is 12.2 Å². The number of benzene rings is 2. The molecule has 0 aliphatic rings. The molecule has 0 radical (unpaired) electrons. The van der Waals surface area contributed by atoms with E-state index in [0.717, 1.165) is 18.1 Å². The molecule has 0 fully saturated rings. The van der Waals surface area contributed by atoms with Crippen LogP contribution < -0.4 is 11.5 Å². The van der Waals surface area contributed by atoms with Crippen molar-refractivity contribution in [3.63, 3.8) is 0 Å². The number of rotatable bonds is 2. The number of anilines is 2. The van der Waals surface area contributed by atoms with Crippen LogP contribution in [0, 0.1) is 40.8 Å². The van der Waals surface area contributed by atoms with Crippen molar-refractivity contribution in [2.45, 2.75) is 6.92 Å². The van der Waals surface area contributed by atoms with Gasteiger partial charge in [-0.3, -0.25) is 4.79 Å². The van der Waals surface area contributed by atoms with Gasteiger partial charge in [-0.2, -0.15) is 0 Å². The van der Waals surface area contributed by atoms with Gasteiger partial charge in [0.25, 0.3) is 5.97 Å². The van der Waals surface area contributed by atoms with E-state index in [-0.39, 0.29) is 40.8 Å². The maximum absolute atomic E-state index is 9.00. The summed E-state index contributed by atoms with van der Waals surface area (Å²) in [7, 11) is 0.